The Labute approximate surface area is 318 Å². The summed E-state index contributed by atoms with van der Waals surface area (Å²) in [7, 11) is 0. The zero-order valence-electron chi connectivity index (χ0n) is 29.9. The summed E-state index contributed by atoms with van der Waals surface area (Å²) in [5.74, 6) is 0.666. The number of para-hydroxylation sites is 1. The van der Waals surface area contributed by atoms with Crippen molar-refractivity contribution < 1.29 is 0 Å². The van der Waals surface area contributed by atoms with E-state index in [9.17, 15) is 0 Å². The van der Waals surface area contributed by atoms with Crippen LogP contribution in [0.5, 0.6) is 0 Å². The number of fused-ring (bicyclic) bond motifs is 13. The fourth-order valence-corrected chi connectivity index (χ4v) is 9.93. The lowest BCUT2D eigenvalue weighted by Gasteiger charge is -2.40. The number of hydrogen-bond acceptors (Lipinski definition) is 2. The second-order valence-corrected chi connectivity index (χ2v) is 14.8. The molecule has 0 atom stereocenters. The van der Waals surface area contributed by atoms with Crippen molar-refractivity contribution in [3.05, 3.63) is 221 Å². The first-order valence-electron chi connectivity index (χ1n) is 19.1. The molecule has 9 aromatic rings. The summed E-state index contributed by atoms with van der Waals surface area (Å²) in [5, 5.41) is 4.97. The molecular weight excluding hydrogens is 667 g/mol. The van der Waals surface area contributed by atoms with Gasteiger partial charge in [0.15, 0.2) is 0 Å². The normalized spacial score (nSPS) is 14.9. The standard InChI is InChI=1S/C52H33N3/c1-3-16-33(17-4-1)45-30-31-46(34-18-5-2-6-19-34)54-51(53-45)55-47-29-14-10-23-38(47)50-39-24-15-28-44-49(39)40(32-48(50)55)37-22-9-13-27-43(37)52(44)41-25-11-7-20-35(41)36-21-8-12-26-42(36)52/h1-30,32H,31H2. The summed E-state index contributed by atoms with van der Waals surface area (Å²) >= 11 is 0. The quantitative estimate of drug-likeness (QED) is 0.172. The lowest BCUT2D eigenvalue weighted by atomic mass is 9.61. The van der Waals surface area contributed by atoms with Gasteiger partial charge in [-0.2, -0.15) is 0 Å². The van der Waals surface area contributed by atoms with Gasteiger partial charge in [0.05, 0.1) is 27.9 Å². The summed E-state index contributed by atoms with van der Waals surface area (Å²) < 4.78 is 2.31. The third-order valence-electron chi connectivity index (χ3n) is 12.1. The summed E-state index contributed by atoms with van der Waals surface area (Å²) in [5.41, 5.74) is 16.3. The Kier molecular flexibility index (Phi) is 6.32. The molecule has 256 valence electrons. The van der Waals surface area contributed by atoms with Crippen molar-refractivity contribution in [1.29, 1.82) is 0 Å². The van der Waals surface area contributed by atoms with E-state index in [0.29, 0.717) is 12.4 Å². The third-order valence-corrected chi connectivity index (χ3v) is 12.1. The molecule has 55 heavy (non-hydrogen) atoms. The van der Waals surface area contributed by atoms with Crippen LogP contribution in [0.4, 0.5) is 0 Å². The Hall–Kier alpha value is -7.10. The van der Waals surface area contributed by atoms with Crippen molar-refractivity contribution >= 4 is 49.9 Å². The fraction of sp³-hybridized carbons (Fsp3) is 0.0385. The molecule has 0 N–H and O–H groups in total. The van der Waals surface area contributed by atoms with E-state index in [1.807, 2.05) is 0 Å². The summed E-state index contributed by atoms with van der Waals surface area (Å²) in [6.07, 6.45) is 2.90. The highest BCUT2D eigenvalue weighted by atomic mass is 15.2. The molecule has 3 aliphatic rings. The highest BCUT2D eigenvalue weighted by Crippen LogP contribution is 2.62. The van der Waals surface area contributed by atoms with Crippen molar-refractivity contribution in [2.45, 2.75) is 11.8 Å². The molecular formula is C52H33N3. The Morgan fingerprint density at radius 3 is 1.65 bits per heavy atom. The SMILES string of the molecule is C1=C(c2ccccc2)N=C(n2c3ccccc3c3c4cccc5c4c(cc32)-c2ccccc2C52c3ccccc3-c3ccccc32)N=C(c2ccccc2)C1. The molecule has 2 heterocycles. The minimum atomic E-state index is -0.446. The number of nitrogens with zero attached hydrogens (tertiary/aromatic N) is 3. The maximum atomic E-state index is 5.46. The van der Waals surface area contributed by atoms with Gasteiger partial charge in [-0.3, -0.25) is 4.57 Å². The van der Waals surface area contributed by atoms with E-state index in [-0.39, 0.29) is 0 Å². The smallest absolute Gasteiger partial charge is 0.235 e. The Balaban J connectivity index is 1.22. The molecule has 12 rings (SSSR count). The number of aliphatic imine (C=N–C) groups is 2. The first-order valence-corrected chi connectivity index (χ1v) is 19.1. The van der Waals surface area contributed by atoms with Gasteiger partial charge >= 0.3 is 0 Å². The van der Waals surface area contributed by atoms with E-state index in [1.54, 1.807) is 0 Å². The number of rotatable bonds is 2. The van der Waals surface area contributed by atoms with E-state index in [1.165, 1.54) is 66.1 Å². The molecule has 3 heteroatoms. The molecule has 8 aromatic carbocycles. The summed E-state index contributed by atoms with van der Waals surface area (Å²) in [4.78, 5) is 10.9. The van der Waals surface area contributed by atoms with E-state index in [4.69, 9.17) is 9.98 Å². The largest absolute Gasteiger partial charge is 0.278 e. The van der Waals surface area contributed by atoms with Gasteiger partial charge in [-0.1, -0.05) is 176 Å². The second-order valence-electron chi connectivity index (χ2n) is 14.8. The summed E-state index contributed by atoms with van der Waals surface area (Å²) in [6, 6.07) is 66.4. The first-order chi connectivity index (χ1) is 27.3. The van der Waals surface area contributed by atoms with Gasteiger partial charge in [-0.15, -0.1) is 0 Å². The monoisotopic (exact) mass is 699 g/mol. The Morgan fingerprint density at radius 2 is 0.964 bits per heavy atom. The maximum Gasteiger partial charge on any atom is 0.235 e. The number of allylic oxidation sites excluding steroid dienone is 1. The van der Waals surface area contributed by atoms with Crippen LogP contribution in [0.3, 0.4) is 0 Å². The highest BCUT2D eigenvalue weighted by molar-refractivity contribution is 6.28. The minimum Gasteiger partial charge on any atom is -0.278 e. The van der Waals surface area contributed by atoms with Crippen LogP contribution in [-0.4, -0.2) is 16.2 Å². The van der Waals surface area contributed by atoms with E-state index < -0.39 is 5.41 Å². The number of aromatic nitrogens is 1. The van der Waals surface area contributed by atoms with Crippen LogP contribution in [0.2, 0.25) is 0 Å². The van der Waals surface area contributed by atoms with Crippen LogP contribution < -0.4 is 0 Å². The first kappa shape index (κ1) is 30.4. The number of benzene rings is 8. The lowest BCUT2D eigenvalue weighted by molar-refractivity contribution is 0.773. The van der Waals surface area contributed by atoms with E-state index >= 15 is 0 Å². The number of hydrogen-bond donors (Lipinski definition) is 0. The van der Waals surface area contributed by atoms with Crippen molar-refractivity contribution in [1.82, 2.24) is 4.57 Å². The average Bonchev–Trinajstić information content (AvgIpc) is 3.64. The maximum absolute atomic E-state index is 5.46. The molecule has 0 saturated heterocycles. The van der Waals surface area contributed by atoms with Crippen LogP contribution in [0, 0.1) is 0 Å². The molecule has 3 nitrogen and oxygen atoms in total. The van der Waals surface area contributed by atoms with Gasteiger partial charge in [-0.25, -0.2) is 9.98 Å². The van der Waals surface area contributed by atoms with Crippen LogP contribution in [0.15, 0.2) is 198 Å². The Bertz CT molecular complexity index is 3120. The van der Waals surface area contributed by atoms with Crippen molar-refractivity contribution in [3.8, 4) is 22.3 Å². The average molecular weight is 700 g/mol. The second kappa shape index (κ2) is 11.4. The molecule has 0 unspecified atom stereocenters. The lowest BCUT2D eigenvalue weighted by Crippen LogP contribution is -2.31. The van der Waals surface area contributed by atoms with Gasteiger partial charge in [0.25, 0.3) is 0 Å². The molecule has 1 aromatic heterocycles. The van der Waals surface area contributed by atoms with Gasteiger partial charge < -0.3 is 0 Å². The van der Waals surface area contributed by atoms with Crippen LogP contribution in [0.25, 0.3) is 60.5 Å². The minimum absolute atomic E-state index is 0.446. The van der Waals surface area contributed by atoms with Crippen LogP contribution >= 0.6 is 0 Å². The van der Waals surface area contributed by atoms with Crippen molar-refractivity contribution in [3.63, 3.8) is 0 Å². The zero-order chi connectivity index (χ0) is 36.1. The van der Waals surface area contributed by atoms with Crippen LogP contribution in [0.1, 0.15) is 39.8 Å². The topological polar surface area (TPSA) is 29.6 Å². The van der Waals surface area contributed by atoms with Gasteiger partial charge in [-0.05, 0) is 78.5 Å². The van der Waals surface area contributed by atoms with Gasteiger partial charge in [0.2, 0.25) is 5.96 Å². The molecule has 1 aliphatic heterocycles. The third kappa shape index (κ3) is 4.10. The highest BCUT2D eigenvalue weighted by Gasteiger charge is 2.50. The molecule has 0 bridgehead atoms. The van der Waals surface area contributed by atoms with Gasteiger partial charge in [0, 0.05) is 17.2 Å². The van der Waals surface area contributed by atoms with Gasteiger partial charge in [0.1, 0.15) is 0 Å². The predicted octanol–water partition coefficient (Wildman–Crippen LogP) is 12.4. The van der Waals surface area contributed by atoms with E-state index in [2.05, 4.69) is 193 Å². The molecule has 1 spiro atoms. The van der Waals surface area contributed by atoms with Crippen LogP contribution in [-0.2, 0) is 5.41 Å². The zero-order valence-corrected chi connectivity index (χ0v) is 29.9. The van der Waals surface area contributed by atoms with Crippen molar-refractivity contribution in [2.75, 3.05) is 0 Å². The molecule has 0 radical (unpaired) electrons. The predicted molar refractivity (Wildman–Crippen MR) is 228 cm³/mol. The summed E-state index contributed by atoms with van der Waals surface area (Å²) in [6.45, 7) is 0. The van der Waals surface area contributed by atoms with Crippen molar-refractivity contribution in [2.24, 2.45) is 9.98 Å². The fourth-order valence-electron chi connectivity index (χ4n) is 9.93. The van der Waals surface area contributed by atoms with E-state index in [0.717, 1.165) is 33.6 Å². The molecule has 0 saturated carbocycles. The molecule has 0 fully saturated rings. The molecule has 2 aliphatic carbocycles. The molecule has 0 amide bonds. The Morgan fingerprint density at radius 1 is 0.418 bits per heavy atom.